The highest BCUT2D eigenvalue weighted by molar-refractivity contribution is 6.11. The number of carbonyl (C=O) groups is 1. The molecule has 0 radical (unpaired) electrons. The first-order valence-electron chi connectivity index (χ1n) is 7.55. The molecule has 3 aromatic rings. The van der Waals surface area contributed by atoms with E-state index in [-0.39, 0.29) is 22.5 Å². The lowest BCUT2D eigenvalue weighted by Crippen LogP contribution is -2.20. The van der Waals surface area contributed by atoms with Crippen LogP contribution in [0.3, 0.4) is 0 Å². The van der Waals surface area contributed by atoms with Crippen molar-refractivity contribution in [2.75, 3.05) is 5.32 Å². The van der Waals surface area contributed by atoms with Crippen molar-refractivity contribution in [2.45, 2.75) is 12.4 Å². The second kappa shape index (κ2) is 6.66. The fraction of sp³-hybridized carbons (Fsp3) is 0.118. The number of H-pyrrole nitrogens is 1. The van der Waals surface area contributed by atoms with Gasteiger partial charge in [0, 0.05) is 11.1 Å². The average Bonchev–Trinajstić information content (AvgIpc) is 2.60. The number of nitrogens with one attached hydrogen (secondary N) is 2. The number of hydrogen-bond acceptors (Lipinski definition) is 3. The third-order valence-electron chi connectivity index (χ3n) is 3.76. The van der Waals surface area contributed by atoms with Crippen molar-refractivity contribution >= 4 is 22.4 Å². The van der Waals surface area contributed by atoms with Crippen LogP contribution in [0.2, 0.25) is 0 Å². The molecule has 1 amide bonds. The first kappa shape index (κ1) is 19.4. The van der Waals surface area contributed by atoms with Gasteiger partial charge in [-0.25, -0.2) is 5.10 Å². The van der Waals surface area contributed by atoms with Crippen molar-refractivity contribution in [3.63, 3.8) is 0 Å². The van der Waals surface area contributed by atoms with Crippen molar-refractivity contribution in [3.05, 3.63) is 69.6 Å². The van der Waals surface area contributed by atoms with Gasteiger partial charge in [-0.1, -0.05) is 18.2 Å². The summed E-state index contributed by atoms with van der Waals surface area (Å²) in [4.78, 5) is 24.1. The van der Waals surface area contributed by atoms with Crippen LogP contribution in [0.1, 0.15) is 21.6 Å². The number of amides is 1. The molecule has 1 heterocycles. The Labute approximate surface area is 152 Å². The van der Waals surface area contributed by atoms with Crippen LogP contribution in [0.5, 0.6) is 0 Å². The molecular weight excluding hydrogens is 392 g/mol. The molecule has 0 spiro atoms. The Hall–Kier alpha value is -3.37. The minimum atomic E-state index is -5.05. The lowest BCUT2D eigenvalue weighted by atomic mass is 10.1. The van der Waals surface area contributed by atoms with Gasteiger partial charge >= 0.3 is 12.4 Å². The zero-order chi connectivity index (χ0) is 20.7. The van der Waals surface area contributed by atoms with E-state index in [0.29, 0.717) is 12.1 Å². The molecule has 0 bridgehead atoms. The second-order valence-corrected chi connectivity index (χ2v) is 5.70. The minimum absolute atomic E-state index is 0.0523. The number of halogens is 6. The molecule has 0 atom stereocenters. The van der Waals surface area contributed by atoms with E-state index in [2.05, 4.69) is 10.2 Å². The quantitative estimate of drug-likeness (QED) is 0.632. The summed E-state index contributed by atoms with van der Waals surface area (Å²) in [5.41, 5.74) is -4.83. The molecule has 0 aliphatic heterocycles. The first-order valence-corrected chi connectivity index (χ1v) is 7.55. The number of rotatable bonds is 2. The predicted molar refractivity (Wildman–Crippen MR) is 86.8 cm³/mol. The van der Waals surface area contributed by atoms with E-state index in [0.717, 1.165) is 0 Å². The van der Waals surface area contributed by atoms with Gasteiger partial charge in [-0.2, -0.15) is 31.4 Å². The summed E-state index contributed by atoms with van der Waals surface area (Å²) in [7, 11) is 0. The second-order valence-electron chi connectivity index (χ2n) is 5.70. The number of hydrogen-bond donors (Lipinski definition) is 2. The van der Waals surface area contributed by atoms with Gasteiger partial charge < -0.3 is 5.32 Å². The molecule has 5 nitrogen and oxygen atoms in total. The number of carbonyl (C=O) groups excluding carboxylic acids is 1. The summed E-state index contributed by atoms with van der Waals surface area (Å²) < 4.78 is 77.5. The lowest BCUT2D eigenvalue weighted by molar-refractivity contribution is -0.143. The predicted octanol–water partition coefficient (Wildman–Crippen LogP) is 4.21. The molecule has 2 N–H and O–H groups in total. The minimum Gasteiger partial charge on any atom is -0.321 e. The highest BCUT2D eigenvalue weighted by atomic mass is 19.4. The van der Waals surface area contributed by atoms with E-state index in [1.54, 1.807) is 0 Å². The summed E-state index contributed by atoms with van der Waals surface area (Å²) >= 11 is 0. The van der Waals surface area contributed by atoms with E-state index in [1.807, 2.05) is 5.32 Å². The Morgan fingerprint density at radius 1 is 0.893 bits per heavy atom. The maximum Gasteiger partial charge on any atom is 0.416 e. The molecule has 0 aliphatic carbocycles. The van der Waals surface area contributed by atoms with Crippen LogP contribution in [0.15, 0.2) is 47.3 Å². The molecule has 28 heavy (non-hydrogen) atoms. The number of nitrogens with zero attached hydrogens (tertiary/aromatic N) is 1. The van der Waals surface area contributed by atoms with Gasteiger partial charge in [0.2, 0.25) is 0 Å². The van der Waals surface area contributed by atoms with Gasteiger partial charge in [-0.05, 0) is 24.3 Å². The van der Waals surface area contributed by atoms with E-state index in [9.17, 15) is 35.9 Å². The van der Waals surface area contributed by atoms with Crippen LogP contribution in [-0.2, 0) is 12.4 Å². The lowest BCUT2D eigenvalue weighted by Gasteiger charge is -2.15. The maximum absolute atomic E-state index is 12.9. The molecule has 11 heteroatoms. The molecule has 0 unspecified atom stereocenters. The number of fused-ring (bicyclic) bond motifs is 1. The number of benzene rings is 2. The van der Waals surface area contributed by atoms with Gasteiger partial charge in [0.05, 0.1) is 16.5 Å². The van der Waals surface area contributed by atoms with Gasteiger partial charge in [0.25, 0.3) is 11.5 Å². The Morgan fingerprint density at radius 2 is 1.43 bits per heavy atom. The third kappa shape index (κ3) is 3.82. The van der Waals surface area contributed by atoms with E-state index in [1.165, 1.54) is 24.3 Å². The normalized spacial score (nSPS) is 12.2. The summed E-state index contributed by atoms with van der Waals surface area (Å²) in [6.07, 6.45) is -10.1. The fourth-order valence-corrected chi connectivity index (χ4v) is 2.51. The van der Waals surface area contributed by atoms with Crippen LogP contribution in [0, 0.1) is 0 Å². The van der Waals surface area contributed by atoms with Crippen molar-refractivity contribution < 1.29 is 31.1 Å². The molecule has 0 fully saturated rings. The summed E-state index contributed by atoms with van der Waals surface area (Å²) in [6, 6.07) is 6.47. The summed E-state index contributed by atoms with van der Waals surface area (Å²) in [6.45, 7) is 0. The van der Waals surface area contributed by atoms with Crippen molar-refractivity contribution in [2.24, 2.45) is 0 Å². The SMILES string of the molecule is O=C(Nc1cc(C(F)(F)F)cc(C(F)(F)F)c1)c1n[nH]c(=O)c2ccccc12. The van der Waals surface area contributed by atoms with Crippen LogP contribution in [0.4, 0.5) is 32.0 Å². The molecule has 1 aromatic heterocycles. The van der Waals surface area contributed by atoms with E-state index in [4.69, 9.17) is 0 Å². The Balaban J connectivity index is 2.06. The van der Waals surface area contributed by atoms with Gasteiger partial charge in [-0.3, -0.25) is 9.59 Å². The van der Waals surface area contributed by atoms with Gasteiger partial charge in [0.1, 0.15) is 0 Å². The molecule has 146 valence electrons. The molecule has 3 rings (SSSR count). The highest BCUT2D eigenvalue weighted by Crippen LogP contribution is 2.37. The van der Waals surface area contributed by atoms with Crippen LogP contribution in [0.25, 0.3) is 10.8 Å². The first-order chi connectivity index (χ1) is 13.0. The van der Waals surface area contributed by atoms with Crippen molar-refractivity contribution in [1.82, 2.24) is 10.2 Å². The largest absolute Gasteiger partial charge is 0.416 e. The number of aromatic nitrogens is 2. The van der Waals surface area contributed by atoms with Crippen LogP contribution in [-0.4, -0.2) is 16.1 Å². The highest BCUT2D eigenvalue weighted by Gasteiger charge is 2.37. The molecule has 0 aliphatic rings. The van der Waals surface area contributed by atoms with Crippen LogP contribution >= 0.6 is 0 Å². The van der Waals surface area contributed by atoms with Gasteiger partial charge in [-0.15, -0.1) is 0 Å². The standard InChI is InChI=1S/C17H9F6N3O2/c18-16(19,20)8-5-9(17(21,22)23)7-10(6-8)24-15(28)13-11-3-1-2-4-12(11)14(27)26-25-13/h1-7H,(H,24,28)(H,26,27). The van der Waals surface area contributed by atoms with E-state index >= 15 is 0 Å². The summed E-state index contributed by atoms with van der Waals surface area (Å²) in [5.74, 6) is -1.08. The van der Waals surface area contributed by atoms with Crippen molar-refractivity contribution in [3.8, 4) is 0 Å². The summed E-state index contributed by atoms with van der Waals surface area (Å²) in [5, 5.41) is 7.75. The van der Waals surface area contributed by atoms with E-state index < -0.39 is 40.6 Å². The fourth-order valence-electron chi connectivity index (χ4n) is 2.51. The Morgan fingerprint density at radius 3 is 1.96 bits per heavy atom. The molecule has 2 aromatic carbocycles. The maximum atomic E-state index is 12.9. The van der Waals surface area contributed by atoms with Gasteiger partial charge in [0.15, 0.2) is 5.69 Å². The number of aromatic amines is 1. The average molecular weight is 401 g/mol. The monoisotopic (exact) mass is 401 g/mol. The molecule has 0 saturated heterocycles. The zero-order valence-electron chi connectivity index (χ0n) is 13.6. The molecular formula is C17H9F6N3O2. The smallest absolute Gasteiger partial charge is 0.321 e. The Bertz CT molecular complexity index is 1090. The van der Waals surface area contributed by atoms with Crippen molar-refractivity contribution in [1.29, 1.82) is 0 Å². The number of anilines is 1. The number of alkyl halides is 6. The topological polar surface area (TPSA) is 74.8 Å². The molecule has 0 saturated carbocycles. The van der Waals surface area contributed by atoms with Crippen LogP contribution < -0.4 is 10.9 Å². The third-order valence-corrected chi connectivity index (χ3v) is 3.76. The zero-order valence-corrected chi connectivity index (χ0v) is 13.6. The Kier molecular flexibility index (Phi) is 4.61.